The van der Waals surface area contributed by atoms with E-state index in [1.165, 1.54) is 12.1 Å². The molecule has 1 fully saturated rings. The number of nitrogens with zero attached hydrogens (tertiary/aromatic N) is 3. The SMILES string of the molecule is Cc1cc(C(=O)CN2CCN(C(=O)c3ccc(Cl)cc3)CC2)c(C)n1-c1ccc(F)cc1. The summed E-state index contributed by atoms with van der Waals surface area (Å²) in [5.41, 5.74) is 3.89. The van der Waals surface area contributed by atoms with Gasteiger partial charge in [-0.05, 0) is 68.4 Å². The molecule has 0 unspecified atom stereocenters. The van der Waals surface area contributed by atoms with E-state index < -0.39 is 0 Å². The van der Waals surface area contributed by atoms with E-state index in [0.29, 0.717) is 48.9 Å². The molecule has 0 atom stereocenters. The first-order valence-electron chi connectivity index (χ1n) is 10.6. The topological polar surface area (TPSA) is 45.6 Å². The molecule has 1 amide bonds. The Hall–Kier alpha value is -2.96. The lowest BCUT2D eigenvalue weighted by molar-refractivity contribution is 0.0624. The van der Waals surface area contributed by atoms with Gasteiger partial charge in [0.05, 0.1) is 6.54 Å². The number of aromatic nitrogens is 1. The molecule has 1 aliphatic heterocycles. The highest BCUT2D eigenvalue weighted by molar-refractivity contribution is 6.30. The van der Waals surface area contributed by atoms with Crippen LogP contribution >= 0.6 is 11.6 Å². The molecule has 3 aromatic rings. The van der Waals surface area contributed by atoms with Crippen LogP contribution in [-0.4, -0.2) is 58.8 Å². The molecule has 0 spiro atoms. The van der Waals surface area contributed by atoms with Gasteiger partial charge in [0.2, 0.25) is 0 Å². The van der Waals surface area contributed by atoms with Crippen molar-refractivity contribution in [3.05, 3.63) is 88.0 Å². The molecule has 0 radical (unpaired) electrons. The molecule has 2 heterocycles. The highest BCUT2D eigenvalue weighted by Gasteiger charge is 2.25. The van der Waals surface area contributed by atoms with Crippen LogP contribution in [0.1, 0.15) is 32.1 Å². The highest BCUT2D eigenvalue weighted by Crippen LogP contribution is 2.22. The zero-order chi connectivity index (χ0) is 22.8. The van der Waals surface area contributed by atoms with Crippen molar-refractivity contribution >= 4 is 23.3 Å². The third-order valence-corrected chi connectivity index (χ3v) is 6.19. The second-order valence-corrected chi connectivity index (χ2v) is 8.53. The normalized spacial score (nSPS) is 14.6. The molecule has 0 bridgehead atoms. The van der Waals surface area contributed by atoms with Gasteiger partial charge < -0.3 is 9.47 Å². The van der Waals surface area contributed by atoms with E-state index in [1.807, 2.05) is 29.4 Å². The Balaban J connectivity index is 1.39. The second-order valence-electron chi connectivity index (χ2n) is 8.10. The lowest BCUT2D eigenvalue weighted by Crippen LogP contribution is -2.49. The standard InChI is InChI=1S/C25H25ClFN3O2/c1-17-15-23(18(2)30(17)22-9-7-21(27)8-10-22)24(31)16-28-11-13-29(14-12-28)25(32)19-3-5-20(26)6-4-19/h3-10,15H,11-14,16H2,1-2H3. The van der Waals surface area contributed by atoms with E-state index in [2.05, 4.69) is 4.90 Å². The number of hydrogen-bond donors (Lipinski definition) is 0. The molecular weight excluding hydrogens is 429 g/mol. The van der Waals surface area contributed by atoms with E-state index in [9.17, 15) is 14.0 Å². The average Bonchev–Trinajstić information content (AvgIpc) is 3.09. The van der Waals surface area contributed by atoms with Crippen molar-refractivity contribution in [3.63, 3.8) is 0 Å². The van der Waals surface area contributed by atoms with Gasteiger partial charge in [-0.3, -0.25) is 14.5 Å². The molecule has 1 saturated heterocycles. The van der Waals surface area contributed by atoms with Gasteiger partial charge in [-0.2, -0.15) is 0 Å². The number of carbonyl (C=O) groups excluding carboxylic acids is 2. The Kier molecular flexibility index (Phi) is 6.44. The number of Topliss-reactive ketones (excluding diaryl/α,β-unsaturated/α-hetero) is 1. The van der Waals surface area contributed by atoms with Crippen molar-refractivity contribution in [1.82, 2.24) is 14.4 Å². The summed E-state index contributed by atoms with van der Waals surface area (Å²) >= 11 is 5.90. The molecule has 5 nitrogen and oxygen atoms in total. The minimum absolute atomic E-state index is 0.0181. The fourth-order valence-corrected chi connectivity index (χ4v) is 4.33. The molecule has 32 heavy (non-hydrogen) atoms. The largest absolute Gasteiger partial charge is 0.336 e. The second kappa shape index (κ2) is 9.27. The van der Waals surface area contributed by atoms with E-state index in [-0.39, 0.29) is 17.5 Å². The van der Waals surface area contributed by atoms with Crippen molar-refractivity contribution < 1.29 is 14.0 Å². The molecule has 0 saturated carbocycles. The Morgan fingerprint density at radius 3 is 2.19 bits per heavy atom. The number of ketones is 1. The maximum absolute atomic E-state index is 13.3. The number of amides is 1. The van der Waals surface area contributed by atoms with Crippen LogP contribution in [0.15, 0.2) is 54.6 Å². The van der Waals surface area contributed by atoms with E-state index in [1.54, 1.807) is 36.4 Å². The molecule has 7 heteroatoms. The first-order valence-corrected chi connectivity index (χ1v) is 11.0. The number of aryl methyl sites for hydroxylation is 1. The van der Waals surface area contributed by atoms with Crippen LogP contribution in [0.5, 0.6) is 0 Å². The van der Waals surface area contributed by atoms with E-state index in [4.69, 9.17) is 11.6 Å². The van der Waals surface area contributed by atoms with Gasteiger partial charge in [-0.25, -0.2) is 4.39 Å². The first-order chi connectivity index (χ1) is 15.3. The monoisotopic (exact) mass is 453 g/mol. The fourth-order valence-electron chi connectivity index (χ4n) is 4.20. The number of benzene rings is 2. The maximum Gasteiger partial charge on any atom is 0.253 e. The number of carbonyl (C=O) groups is 2. The minimum Gasteiger partial charge on any atom is -0.336 e. The minimum atomic E-state index is -0.291. The summed E-state index contributed by atoms with van der Waals surface area (Å²) in [6, 6.07) is 15.0. The number of halogens is 2. The van der Waals surface area contributed by atoms with Crippen LogP contribution in [0.4, 0.5) is 4.39 Å². The molecule has 0 N–H and O–H groups in total. The van der Waals surface area contributed by atoms with Gasteiger partial charge in [0.15, 0.2) is 5.78 Å². The van der Waals surface area contributed by atoms with Gasteiger partial charge in [0.1, 0.15) is 5.82 Å². The van der Waals surface area contributed by atoms with Crippen LogP contribution in [0.3, 0.4) is 0 Å². The third-order valence-electron chi connectivity index (χ3n) is 5.93. The summed E-state index contributed by atoms with van der Waals surface area (Å²) in [7, 11) is 0. The predicted octanol–water partition coefficient (Wildman–Crippen LogP) is 4.53. The molecule has 0 aliphatic carbocycles. The fraction of sp³-hybridized carbons (Fsp3) is 0.280. The van der Waals surface area contributed by atoms with Gasteiger partial charge >= 0.3 is 0 Å². The van der Waals surface area contributed by atoms with Crippen molar-refractivity contribution in [3.8, 4) is 5.69 Å². The maximum atomic E-state index is 13.3. The number of rotatable bonds is 5. The molecule has 1 aromatic heterocycles. The number of hydrogen-bond acceptors (Lipinski definition) is 3. The summed E-state index contributed by atoms with van der Waals surface area (Å²) in [4.78, 5) is 29.6. The van der Waals surface area contributed by atoms with Crippen molar-refractivity contribution in [2.75, 3.05) is 32.7 Å². The average molecular weight is 454 g/mol. The summed E-state index contributed by atoms with van der Waals surface area (Å²) in [5, 5.41) is 0.601. The van der Waals surface area contributed by atoms with Gasteiger partial charge in [0, 0.05) is 59.4 Å². The van der Waals surface area contributed by atoms with Crippen LogP contribution in [-0.2, 0) is 0 Å². The zero-order valence-corrected chi connectivity index (χ0v) is 18.9. The zero-order valence-electron chi connectivity index (χ0n) is 18.1. The Labute approximate surface area is 192 Å². The summed E-state index contributed by atoms with van der Waals surface area (Å²) < 4.78 is 15.3. The van der Waals surface area contributed by atoms with Gasteiger partial charge in [0.25, 0.3) is 5.91 Å². The molecule has 2 aromatic carbocycles. The van der Waals surface area contributed by atoms with E-state index >= 15 is 0 Å². The Morgan fingerprint density at radius 2 is 1.56 bits per heavy atom. The molecule has 4 rings (SSSR count). The first kappa shape index (κ1) is 22.2. The lowest BCUT2D eigenvalue weighted by atomic mass is 10.1. The van der Waals surface area contributed by atoms with Crippen molar-refractivity contribution in [2.24, 2.45) is 0 Å². The molecular formula is C25H25ClFN3O2. The quantitative estimate of drug-likeness (QED) is 0.533. The highest BCUT2D eigenvalue weighted by atomic mass is 35.5. The predicted molar refractivity (Wildman–Crippen MR) is 123 cm³/mol. The van der Waals surface area contributed by atoms with Crippen LogP contribution < -0.4 is 0 Å². The number of piperazine rings is 1. The van der Waals surface area contributed by atoms with Gasteiger partial charge in [-0.1, -0.05) is 11.6 Å². The smallest absolute Gasteiger partial charge is 0.253 e. The van der Waals surface area contributed by atoms with Crippen molar-refractivity contribution in [2.45, 2.75) is 13.8 Å². The van der Waals surface area contributed by atoms with Gasteiger partial charge in [-0.15, -0.1) is 0 Å². The molecule has 1 aliphatic rings. The lowest BCUT2D eigenvalue weighted by Gasteiger charge is -2.34. The van der Waals surface area contributed by atoms with Crippen molar-refractivity contribution in [1.29, 1.82) is 0 Å². The van der Waals surface area contributed by atoms with Crippen LogP contribution in [0.2, 0.25) is 5.02 Å². The summed E-state index contributed by atoms with van der Waals surface area (Å²) in [6.45, 7) is 6.58. The van der Waals surface area contributed by atoms with E-state index in [0.717, 1.165) is 17.1 Å². The summed E-state index contributed by atoms with van der Waals surface area (Å²) in [5.74, 6) is -0.263. The Bertz CT molecular complexity index is 1130. The Morgan fingerprint density at radius 1 is 0.938 bits per heavy atom. The van der Waals surface area contributed by atoms with Crippen LogP contribution in [0, 0.1) is 19.7 Å². The third kappa shape index (κ3) is 4.61. The molecule has 166 valence electrons. The summed E-state index contributed by atoms with van der Waals surface area (Å²) in [6.07, 6.45) is 0. The van der Waals surface area contributed by atoms with Crippen LogP contribution in [0.25, 0.3) is 5.69 Å².